The third-order valence-electron chi connectivity index (χ3n) is 3.96. The van der Waals surface area contributed by atoms with E-state index in [4.69, 9.17) is 16.3 Å². The van der Waals surface area contributed by atoms with E-state index < -0.39 is 17.2 Å². The van der Waals surface area contributed by atoms with Crippen molar-refractivity contribution >= 4 is 40.0 Å². The fourth-order valence-electron chi connectivity index (χ4n) is 2.67. The lowest BCUT2D eigenvalue weighted by Gasteiger charge is -2.12. The van der Waals surface area contributed by atoms with Crippen molar-refractivity contribution < 1.29 is 14.3 Å². The summed E-state index contributed by atoms with van der Waals surface area (Å²) in [6, 6.07) is 11.7. The van der Waals surface area contributed by atoms with Gasteiger partial charge < -0.3 is 20.4 Å². The molecule has 144 valence electrons. The summed E-state index contributed by atoms with van der Waals surface area (Å²) in [7, 11) is 0. The lowest BCUT2D eigenvalue weighted by atomic mass is 10.1. The van der Waals surface area contributed by atoms with Gasteiger partial charge >= 0.3 is 0 Å². The van der Waals surface area contributed by atoms with Crippen molar-refractivity contribution in [2.45, 2.75) is 6.92 Å². The minimum Gasteiger partial charge on any atom is -0.492 e. The third kappa shape index (κ3) is 4.32. The van der Waals surface area contributed by atoms with Gasteiger partial charge in [-0.3, -0.25) is 14.4 Å². The fourth-order valence-corrected chi connectivity index (χ4v) is 2.84. The van der Waals surface area contributed by atoms with Crippen LogP contribution in [0.3, 0.4) is 0 Å². The molecule has 3 N–H and O–H groups in total. The molecule has 28 heavy (non-hydrogen) atoms. The van der Waals surface area contributed by atoms with E-state index in [1.54, 1.807) is 42.5 Å². The quantitative estimate of drug-likeness (QED) is 0.593. The maximum Gasteiger partial charge on any atom is 0.257 e. The first kappa shape index (κ1) is 19.4. The first-order valence-electron chi connectivity index (χ1n) is 8.60. The van der Waals surface area contributed by atoms with Crippen LogP contribution < -0.4 is 20.8 Å². The highest BCUT2D eigenvalue weighted by atomic mass is 35.5. The van der Waals surface area contributed by atoms with E-state index in [9.17, 15) is 14.4 Å². The van der Waals surface area contributed by atoms with E-state index in [2.05, 4.69) is 15.6 Å². The topological polar surface area (TPSA) is 100 Å². The molecule has 8 heteroatoms. The Kier molecular flexibility index (Phi) is 5.96. The van der Waals surface area contributed by atoms with Crippen molar-refractivity contribution in [2.24, 2.45) is 0 Å². The van der Waals surface area contributed by atoms with E-state index in [0.29, 0.717) is 34.0 Å². The Morgan fingerprint density at radius 3 is 2.75 bits per heavy atom. The number of aromatic amines is 1. The highest BCUT2D eigenvalue weighted by Gasteiger charge is 2.15. The molecule has 1 heterocycles. The summed E-state index contributed by atoms with van der Waals surface area (Å²) in [5.74, 6) is -0.649. The number of anilines is 1. The lowest BCUT2D eigenvalue weighted by molar-refractivity contribution is -0.115. The highest BCUT2D eigenvalue weighted by Crippen LogP contribution is 2.27. The molecule has 0 aliphatic rings. The summed E-state index contributed by atoms with van der Waals surface area (Å²) in [4.78, 5) is 39.9. The molecule has 3 rings (SSSR count). The van der Waals surface area contributed by atoms with Gasteiger partial charge in [-0.05, 0) is 37.3 Å². The Morgan fingerprint density at radius 2 is 1.96 bits per heavy atom. The molecular formula is C20H18ClN3O4. The van der Waals surface area contributed by atoms with Crippen LogP contribution in [0.2, 0.25) is 5.02 Å². The SMILES string of the molecule is CCOc1ccc(Cl)cc1NC(=O)CNC(=O)c1c[nH]c2ccccc2c1=O. The number of fused-ring (bicyclic) bond motifs is 1. The van der Waals surface area contributed by atoms with Gasteiger partial charge in [0.25, 0.3) is 5.91 Å². The zero-order valence-corrected chi connectivity index (χ0v) is 15.8. The van der Waals surface area contributed by atoms with Crippen molar-refractivity contribution in [1.82, 2.24) is 10.3 Å². The van der Waals surface area contributed by atoms with Gasteiger partial charge in [-0.2, -0.15) is 0 Å². The molecule has 3 aromatic rings. The number of halogens is 1. The molecule has 2 amide bonds. The van der Waals surface area contributed by atoms with Crippen LogP contribution in [0.4, 0.5) is 5.69 Å². The second-order valence-electron chi connectivity index (χ2n) is 5.88. The summed E-state index contributed by atoms with van der Waals surface area (Å²) < 4.78 is 5.44. The number of hydrogen-bond acceptors (Lipinski definition) is 4. The Hall–Kier alpha value is -3.32. The third-order valence-corrected chi connectivity index (χ3v) is 4.19. The van der Waals surface area contributed by atoms with E-state index in [1.165, 1.54) is 6.20 Å². The van der Waals surface area contributed by atoms with Crippen LogP contribution in [0.15, 0.2) is 53.5 Å². The standard InChI is InChI=1S/C20H18ClN3O4/c1-2-28-17-8-7-12(21)9-16(17)24-18(25)11-23-20(27)14-10-22-15-6-4-3-5-13(15)19(14)26/h3-10H,2,11H2,1H3,(H,22,26)(H,23,27)(H,24,25). The molecule has 0 radical (unpaired) electrons. The number of pyridine rings is 1. The number of nitrogens with one attached hydrogen (secondary N) is 3. The van der Waals surface area contributed by atoms with E-state index in [1.807, 2.05) is 6.92 Å². The number of para-hydroxylation sites is 1. The minimum atomic E-state index is -0.640. The van der Waals surface area contributed by atoms with Crippen LogP contribution >= 0.6 is 11.6 Å². The molecule has 1 aromatic heterocycles. The minimum absolute atomic E-state index is 0.0655. The van der Waals surface area contributed by atoms with Gasteiger partial charge in [-0.1, -0.05) is 23.7 Å². The van der Waals surface area contributed by atoms with Crippen molar-refractivity contribution in [3.05, 3.63) is 69.5 Å². The zero-order chi connectivity index (χ0) is 20.1. The number of carbonyl (C=O) groups excluding carboxylic acids is 2. The van der Waals surface area contributed by atoms with Crippen LogP contribution in [0.1, 0.15) is 17.3 Å². The number of ether oxygens (including phenoxy) is 1. The highest BCUT2D eigenvalue weighted by molar-refractivity contribution is 6.31. The summed E-state index contributed by atoms with van der Waals surface area (Å²) in [6.07, 6.45) is 1.34. The van der Waals surface area contributed by atoms with Crippen LogP contribution in [0.25, 0.3) is 10.9 Å². The maximum absolute atomic E-state index is 12.4. The maximum atomic E-state index is 12.4. The smallest absolute Gasteiger partial charge is 0.257 e. The molecule has 0 saturated carbocycles. The Balaban J connectivity index is 1.68. The monoisotopic (exact) mass is 399 g/mol. The Labute approximate surface area is 165 Å². The predicted molar refractivity (Wildman–Crippen MR) is 108 cm³/mol. The molecule has 7 nitrogen and oxygen atoms in total. The van der Waals surface area contributed by atoms with Gasteiger partial charge in [0.2, 0.25) is 11.3 Å². The van der Waals surface area contributed by atoms with Crippen molar-refractivity contribution in [3.8, 4) is 5.75 Å². The van der Waals surface area contributed by atoms with Crippen molar-refractivity contribution in [1.29, 1.82) is 0 Å². The van der Waals surface area contributed by atoms with Crippen LogP contribution in [0, 0.1) is 0 Å². The van der Waals surface area contributed by atoms with Crippen LogP contribution in [-0.2, 0) is 4.79 Å². The first-order valence-corrected chi connectivity index (χ1v) is 8.98. The van der Waals surface area contributed by atoms with E-state index in [-0.39, 0.29) is 12.1 Å². The van der Waals surface area contributed by atoms with Gasteiger partial charge in [0.15, 0.2) is 0 Å². The largest absolute Gasteiger partial charge is 0.492 e. The molecule has 0 atom stereocenters. The molecular weight excluding hydrogens is 382 g/mol. The number of aromatic nitrogens is 1. The summed E-state index contributed by atoms with van der Waals surface area (Å²) >= 11 is 5.96. The van der Waals surface area contributed by atoms with Gasteiger partial charge in [0.05, 0.1) is 18.8 Å². The molecule has 0 unspecified atom stereocenters. The second-order valence-corrected chi connectivity index (χ2v) is 6.32. The molecule has 2 aromatic carbocycles. The average Bonchev–Trinajstić information content (AvgIpc) is 2.69. The molecule has 0 aliphatic carbocycles. The van der Waals surface area contributed by atoms with E-state index >= 15 is 0 Å². The molecule has 0 saturated heterocycles. The predicted octanol–water partition coefficient (Wildman–Crippen LogP) is 2.95. The van der Waals surface area contributed by atoms with Crippen LogP contribution in [-0.4, -0.2) is 29.9 Å². The van der Waals surface area contributed by atoms with E-state index in [0.717, 1.165) is 0 Å². The normalized spacial score (nSPS) is 10.5. The van der Waals surface area contributed by atoms with Gasteiger partial charge in [0, 0.05) is 22.1 Å². The molecule has 0 fully saturated rings. The summed E-state index contributed by atoms with van der Waals surface area (Å²) in [5.41, 5.74) is 0.563. The van der Waals surface area contributed by atoms with Crippen LogP contribution in [0.5, 0.6) is 5.75 Å². The molecule has 0 bridgehead atoms. The van der Waals surface area contributed by atoms with Crippen molar-refractivity contribution in [3.63, 3.8) is 0 Å². The van der Waals surface area contributed by atoms with Gasteiger partial charge in [0.1, 0.15) is 11.3 Å². The Bertz CT molecular complexity index is 1090. The fraction of sp³-hybridized carbons (Fsp3) is 0.150. The lowest BCUT2D eigenvalue weighted by Crippen LogP contribution is -2.35. The second kappa shape index (κ2) is 8.58. The number of amides is 2. The number of benzene rings is 2. The summed E-state index contributed by atoms with van der Waals surface area (Å²) in [6.45, 7) is 1.93. The first-order chi connectivity index (χ1) is 13.5. The number of hydrogen-bond donors (Lipinski definition) is 3. The average molecular weight is 400 g/mol. The Morgan fingerprint density at radius 1 is 1.18 bits per heavy atom. The number of H-pyrrole nitrogens is 1. The summed E-state index contributed by atoms with van der Waals surface area (Å²) in [5, 5.41) is 5.92. The molecule has 0 aliphatic heterocycles. The molecule has 0 spiro atoms. The zero-order valence-electron chi connectivity index (χ0n) is 15.0. The number of carbonyl (C=O) groups is 2. The number of rotatable bonds is 6. The van der Waals surface area contributed by atoms with Gasteiger partial charge in [-0.15, -0.1) is 0 Å². The van der Waals surface area contributed by atoms with Gasteiger partial charge in [-0.25, -0.2) is 0 Å². The van der Waals surface area contributed by atoms with Crippen molar-refractivity contribution in [2.75, 3.05) is 18.5 Å².